The van der Waals surface area contributed by atoms with Crippen LogP contribution in [0.3, 0.4) is 0 Å². The fraction of sp³-hybridized carbons (Fsp3) is 1.00. The maximum atomic E-state index is 5.76. The van der Waals surface area contributed by atoms with Gasteiger partial charge in [-0.15, -0.1) is 0 Å². The van der Waals surface area contributed by atoms with Crippen LogP contribution < -0.4 is 5.32 Å². The molecule has 1 aliphatic heterocycles. The molecule has 1 saturated heterocycles. The molecule has 1 unspecified atom stereocenters. The van der Waals surface area contributed by atoms with Gasteiger partial charge in [-0.3, -0.25) is 0 Å². The molecule has 1 heterocycles. The molecule has 3 heteroatoms. The van der Waals surface area contributed by atoms with Crippen molar-refractivity contribution in [1.29, 1.82) is 0 Å². The summed E-state index contributed by atoms with van der Waals surface area (Å²) in [6.45, 7) is 6.74. The van der Waals surface area contributed by atoms with E-state index in [4.69, 9.17) is 9.47 Å². The Bertz CT molecular complexity index is 224. The molecule has 2 fully saturated rings. The van der Waals surface area contributed by atoms with E-state index in [9.17, 15) is 0 Å². The predicted octanol–water partition coefficient (Wildman–Crippen LogP) is 2.70. The zero-order valence-electron chi connectivity index (χ0n) is 11.3. The lowest BCUT2D eigenvalue weighted by Crippen LogP contribution is -2.31. The molecule has 1 aliphatic carbocycles. The zero-order valence-corrected chi connectivity index (χ0v) is 11.3. The third-order valence-corrected chi connectivity index (χ3v) is 3.89. The van der Waals surface area contributed by atoms with Gasteiger partial charge in [0.2, 0.25) is 0 Å². The Morgan fingerprint density at radius 1 is 1.18 bits per heavy atom. The minimum absolute atomic E-state index is 0.233. The normalized spacial score (nSPS) is 29.6. The Morgan fingerprint density at radius 2 is 1.94 bits per heavy atom. The van der Waals surface area contributed by atoms with Gasteiger partial charge in [0.15, 0.2) is 5.79 Å². The van der Waals surface area contributed by atoms with Gasteiger partial charge in [0.1, 0.15) is 0 Å². The van der Waals surface area contributed by atoms with Crippen LogP contribution in [-0.2, 0) is 9.47 Å². The second kappa shape index (κ2) is 6.17. The van der Waals surface area contributed by atoms with Gasteiger partial charge >= 0.3 is 0 Å². The van der Waals surface area contributed by atoms with E-state index in [1.165, 1.54) is 38.5 Å². The van der Waals surface area contributed by atoms with Crippen LogP contribution in [0.15, 0.2) is 0 Å². The van der Waals surface area contributed by atoms with E-state index in [2.05, 4.69) is 5.32 Å². The summed E-state index contributed by atoms with van der Waals surface area (Å²) in [5.74, 6) is 0.587. The van der Waals surface area contributed by atoms with Crippen molar-refractivity contribution < 1.29 is 9.47 Å². The van der Waals surface area contributed by atoms with Crippen LogP contribution in [0.2, 0.25) is 0 Å². The molecular formula is C14H27NO2. The highest BCUT2D eigenvalue weighted by molar-refractivity contribution is 4.73. The second-order valence-electron chi connectivity index (χ2n) is 5.95. The summed E-state index contributed by atoms with van der Waals surface area (Å²) in [7, 11) is 0. The molecular weight excluding hydrogens is 214 g/mol. The fourth-order valence-corrected chi connectivity index (χ4v) is 2.91. The molecule has 17 heavy (non-hydrogen) atoms. The molecule has 0 radical (unpaired) electrons. The standard InChI is InChI=1S/C14H27NO2/c1-14(2)16-11-13(17-14)10-15-9-8-12-6-4-3-5-7-12/h12-13,15H,3-11H2,1-2H3. The summed E-state index contributed by atoms with van der Waals surface area (Å²) < 4.78 is 11.3. The largest absolute Gasteiger partial charge is 0.348 e. The van der Waals surface area contributed by atoms with E-state index in [0.29, 0.717) is 0 Å². The van der Waals surface area contributed by atoms with E-state index in [1.54, 1.807) is 0 Å². The van der Waals surface area contributed by atoms with Gasteiger partial charge in [0, 0.05) is 6.54 Å². The lowest BCUT2D eigenvalue weighted by molar-refractivity contribution is -0.137. The zero-order chi connectivity index (χ0) is 12.1. The molecule has 2 rings (SSSR count). The Balaban J connectivity index is 1.51. The van der Waals surface area contributed by atoms with E-state index in [0.717, 1.165) is 25.6 Å². The van der Waals surface area contributed by atoms with Gasteiger partial charge in [0.25, 0.3) is 0 Å². The molecule has 1 N–H and O–H groups in total. The molecule has 2 aliphatic rings. The molecule has 3 nitrogen and oxygen atoms in total. The summed E-state index contributed by atoms with van der Waals surface area (Å²) in [5.41, 5.74) is 0. The predicted molar refractivity (Wildman–Crippen MR) is 69.0 cm³/mol. The number of nitrogens with one attached hydrogen (secondary N) is 1. The van der Waals surface area contributed by atoms with Crippen LogP contribution in [-0.4, -0.2) is 31.6 Å². The number of rotatable bonds is 5. The van der Waals surface area contributed by atoms with Crippen molar-refractivity contribution in [3.63, 3.8) is 0 Å². The molecule has 0 amide bonds. The number of hydrogen-bond acceptors (Lipinski definition) is 3. The molecule has 100 valence electrons. The minimum atomic E-state index is -0.379. The van der Waals surface area contributed by atoms with Gasteiger partial charge in [0.05, 0.1) is 12.7 Å². The number of ether oxygens (including phenoxy) is 2. The maximum Gasteiger partial charge on any atom is 0.163 e. The third kappa shape index (κ3) is 4.57. The summed E-state index contributed by atoms with van der Waals surface area (Å²) >= 11 is 0. The average Bonchev–Trinajstić information content (AvgIpc) is 2.66. The molecule has 0 aromatic heterocycles. The van der Waals surface area contributed by atoms with Gasteiger partial charge in [-0.1, -0.05) is 32.1 Å². The third-order valence-electron chi connectivity index (χ3n) is 3.89. The van der Waals surface area contributed by atoms with Crippen LogP contribution in [0, 0.1) is 5.92 Å². The second-order valence-corrected chi connectivity index (χ2v) is 5.95. The fourth-order valence-electron chi connectivity index (χ4n) is 2.91. The molecule has 1 atom stereocenters. The lowest BCUT2D eigenvalue weighted by Gasteiger charge is -2.22. The van der Waals surface area contributed by atoms with Crippen molar-refractivity contribution in [2.75, 3.05) is 19.7 Å². The van der Waals surface area contributed by atoms with Gasteiger partial charge in [-0.25, -0.2) is 0 Å². The first-order chi connectivity index (χ1) is 8.16. The Labute approximate surface area is 105 Å². The highest BCUT2D eigenvalue weighted by atomic mass is 16.7. The van der Waals surface area contributed by atoms with E-state index in [-0.39, 0.29) is 11.9 Å². The first-order valence-corrected chi connectivity index (χ1v) is 7.18. The molecule has 0 spiro atoms. The summed E-state index contributed by atoms with van der Waals surface area (Å²) in [4.78, 5) is 0. The van der Waals surface area contributed by atoms with Gasteiger partial charge in [-0.2, -0.15) is 0 Å². The summed E-state index contributed by atoms with van der Waals surface area (Å²) in [6.07, 6.45) is 8.78. The van der Waals surface area contributed by atoms with E-state index < -0.39 is 0 Å². The average molecular weight is 241 g/mol. The highest BCUT2D eigenvalue weighted by Gasteiger charge is 2.32. The van der Waals surface area contributed by atoms with E-state index >= 15 is 0 Å². The monoisotopic (exact) mass is 241 g/mol. The lowest BCUT2D eigenvalue weighted by atomic mass is 9.87. The maximum absolute atomic E-state index is 5.76. The summed E-state index contributed by atoms with van der Waals surface area (Å²) in [5, 5.41) is 3.51. The van der Waals surface area contributed by atoms with Gasteiger partial charge in [-0.05, 0) is 32.7 Å². The smallest absolute Gasteiger partial charge is 0.163 e. The van der Waals surface area contributed by atoms with Crippen molar-refractivity contribution >= 4 is 0 Å². The summed E-state index contributed by atoms with van der Waals surface area (Å²) in [6, 6.07) is 0. The minimum Gasteiger partial charge on any atom is -0.348 e. The van der Waals surface area contributed by atoms with Crippen LogP contribution in [0.4, 0.5) is 0 Å². The van der Waals surface area contributed by atoms with Crippen molar-refractivity contribution in [3.8, 4) is 0 Å². The van der Waals surface area contributed by atoms with Gasteiger partial charge < -0.3 is 14.8 Å². The first-order valence-electron chi connectivity index (χ1n) is 7.18. The Hall–Kier alpha value is -0.120. The van der Waals surface area contributed by atoms with Crippen LogP contribution in [0.1, 0.15) is 52.4 Å². The Morgan fingerprint density at radius 3 is 2.59 bits per heavy atom. The van der Waals surface area contributed by atoms with Crippen molar-refractivity contribution in [3.05, 3.63) is 0 Å². The Kier molecular flexibility index (Phi) is 4.83. The quantitative estimate of drug-likeness (QED) is 0.751. The molecule has 0 aromatic carbocycles. The number of hydrogen-bond donors (Lipinski definition) is 1. The highest BCUT2D eigenvalue weighted by Crippen LogP contribution is 2.26. The van der Waals surface area contributed by atoms with Crippen LogP contribution >= 0.6 is 0 Å². The first kappa shape index (κ1) is 13.3. The topological polar surface area (TPSA) is 30.5 Å². The SMILES string of the molecule is CC1(C)OCC(CNCCC2CCCCC2)O1. The van der Waals surface area contributed by atoms with Crippen molar-refractivity contribution in [2.45, 2.75) is 64.3 Å². The van der Waals surface area contributed by atoms with Crippen LogP contribution in [0.25, 0.3) is 0 Å². The molecule has 0 aromatic rings. The van der Waals surface area contributed by atoms with E-state index in [1.807, 2.05) is 13.8 Å². The van der Waals surface area contributed by atoms with Crippen molar-refractivity contribution in [1.82, 2.24) is 5.32 Å². The molecule has 1 saturated carbocycles. The molecule has 0 bridgehead atoms. The van der Waals surface area contributed by atoms with Crippen LogP contribution in [0.5, 0.6) is 0 Å². The van der Waals surface area contributed by atoms with Crippen molar-refractivity contribution in [2.24, 2.45) is 5.92 Å².